The Kier molecular flexibility index (Phi) is 4.80. The standard InChI is InChI=1S/C14H19N3O2/c1-15-10-12-9-13(18-2)3-4-14(12)19-8-7-17-6-5-16-11-17/h3-6,9,11,15H,7-8,10H2,1-2H3. The third-order valence-electron chi connectivity index (χ3n) is 2.80. The van der Waals surface area contributed by atoms with Gasteiger partial charge in [-0.1, -0.05) is 0 Å². The molecule has 0 amide bonds. The normalized spacial score (nSPS) is 10.4. The van der Waals surface area contributed by atoms with Crippen LogP contribution in [0.5, 0.6) is 11.5 Å². The quantitative estimate of drug-likeness (QED) is 0.824. The molecule has 5 heteroatoms. The van der Waals surface area contributed by atoms with Crippen molar-refractivity contribution in [2.24, 2.45) is 0 Å². The molecule has 1 N–H and O–H groups in total. The van der Waals surface area contributed by atoms with E-state index in [2.05, 4.69) is 10.3 Å². The van der Waals surface area contributed by atoms with E-state index in [9.17, 15) is 0 Å². The van der Waals surface area contributed by atoms with Crippen LogP contribution in [-0.2, 0) is 13.1 Å². The number of benzene rings is 1. The summed E-state index contributed by atoms with van der Waals surface area (Å²) in [5, 5.41) is 3.13. The maximum absolute atomic E-state index is 5.82. The Morgan fingerprint density at radius 3 is 2.95 bits per heavy atom. The zero-order valence-electron chi connectivity index (χ0n) is 11.3. The van der Waals surface area contributed by atoms with Crippen molar-refractivity contribution < 1.29 is 9.47 Å². The molecule has 0 fully saturated rings. The molecule has 1 aromatic carbocycles. The fourth-order valence-corrected chi connectivity index (χ4v) is 1.83. The minimum atomic E-state index is 0.611. The molecule has 1 aromatic heterocycles. The number of rotatable bonds is 7. The van der Waals surface area contributed by atoms with Crippen LogP contribution in [0.15, 0.2) is 36.9 Å². The van der Waals surface area contributed by atoms with E-state index < -0.39 is 0 Å². The van der Waals surface area contributed by atoms with E-state index in [1.165, 1.54) is 0 Å². The first-order valence-corrected chi connectivity index (χ1v) is 6.23. The fraction of sp³-hybridized carbons (Fsp3) is 0.357. The predicted molar refractivity (Wildman–Crippen MR) is 73.5 cm³/mol. The molecule has 19 heavy (non-hydrogen) atoms. The van der Waals surface area contributed by atoms with E-state index in [0.717, 1.165) is 30.2 Å². The van der Waals surface area contributed by atoms with Crippen LogP contribution in [0.2, 0.25) is 0 Å². The lowest BCUT2D eigenvalue weighted by Gasteiger charge is -2.13. The van der Waals surface area contributed by atoms with Gasteiger partial charge in [0, 0.05) is 24.5 Å². The summed E-state index contributed by atoms with van der Waals surface area (Å²) in [5.74, 6) is 1.72. The van der Waals surface area contributed by atoms with Crippen molar-refractivity contribution in [3.63, 3.8) is 0 Å². The molecule has 0 atom stereocenters. The number of hydrogen-bond donors (Lipinski definition) is 1. The number of hydrogen-bond acceptors (Lipinski definition) is 4. The SMILES string of the molecule is CNCc1cc(OC)ccc1OCCn1ccnc1. The number of imidazole rings is 1. The number of nitrogens with zero attached hydrogens (tertiary/aromatic N) is 2. The summed E-state index contributed by atoms with van der Waals surface area (Å²) in [7, 11) is 3.58. The van der Waals surface area contributed by atoms with E-state index in [1.54, 1.807) is 19.6 Å². The van der Waals surface area contributed by atoms with Gasteiger partial charge >= 0.3 is 0 Å². The molecular weight excluding hydrogens is 242 g/mol. The molecule has 5 nitrogen and oxygen atoms in total. The molecule has 2 rings (SSSR count). The van der Waals surface area contributed by atoms with Crippen LogP contribution in [-0.4, -0.2) is 30.3 Å². The Labute approximate surface area is 113 Å². The molecule has 102 valence electrons. The summed E-state index contributed by atoms with van der Waals surface area (Å²) < 4.78 is 13.0. The molecule has 1 heterocycles. The predicted octanol–water partition coefficient (Wildman–Crippen LogP) is 1.69. The molecule has 0 aliphatic rings. The second kappa shape index (κ2) is 6.80. The highest BCUT2D eigenvalue weighted by atomic mass is 16.5. The highest BCUT2D eigenvalue weighted by molar-refractivity contribution is 5.40. The first-order chi connectivity index (χ1) is 9.33. The molecule has 0 bridgehead atoms. The number of nitrogens with one attached hydrogen (secondary N) is 1. The second-order valence-electron chi connectivity index (χ2n) is 4.15. The van der Waals surface area contributed by atoms with Crippen LogP contribution in [0.4, 0.5) is 0 Å². The molecule has 0 unspecified atom stereocenters. The fourth-order valence-electron chi connectivity index (χ4n) is 1.83. The number of methoxy groups -OCH3 is 1. The molecular formula is C14H19N3O2. The van der Waals surface area contributed by atoms with Gasteiger partial charge in [-0.3, -0.25) is 0 Å². The molecule has 0 aliphatic heterocycles. The van der Waals surface area contributed by atoms with Crippen molar-refractivity contribution in [3.8, 4) is 11.5 Å². The van der Waals surface area contributed by atoms with Gasteiger partial charge in [0.25, 0.3) is 0 Å². The zero-order valence-corrected chi connectivity index (χ0v) is 11.3. The van der Waals surface area contributed by atoms with Gasteiger partial charge in [-0.25, -0.2) is 4.98 Å². The van der Waals surface area contributed by atoms with Crippen LogP contribution < -0.4 is 14.8 Å². The summed E-state index contributed by atoms with van der Waals surface area (Å²) in [6.45, 7) is 2.14. The smallest absolute Gasteiger partial charge is 0.124 e. The Hall–Kier alpha value is -2.01. The van der Waals surface area contributed by atoms with Gasteiger partial charge in [-0.15, -0.1) is 0 Å². The van der Waals surface area contributed by atoms with Crippen LogP contribution in [0.1, 0.15) is 5.56 Å². The third-order valence-corrected chi connectivity index (χ3v) is 2.80. The first kappa shape index (κ1) is 13.4. The maximum Gasteiger partial charge on any atom is 0.124 e. The van der Waals surface area contributed by atoms with Crippen molar-refractivity contribution in [1.82, 2.24) is 14.9 Å². The zero-order chi connectivity index (χ0) is 13.5. The van der Waals surface area contributed by atoms with Gasteiger partial charge in [0.15, 0.2) is 0 Å². The van der Waals surface area contributed by atoms with Crippen molar-refractivity contribution in [2.75, 3.05) is 20.8 Å². The minimum Gasteiger partial charge on any atom is -0.497 e. The summed E-state index contributed by atoms with van der Waals surface area (Å²) in [6.07, 6.45) is 5.47. The van der Waals surface area contributed by atoms with E-state index >= 15 is 0 Å². The van der Waals surface area contributed by atoms with Crippen molar-refractivity contribution in [2.45, 2.75) is 13.1 Å². The van der Waals surface area contributed by atoms with E-state index in [0.29, 0.717) is 6.61 Å². The minimum absolute atomic E-state index is 0.611. The summed E-state index contributed by atoms with van der Waals surface area (Å²) in [4.78, 5) is 4.00. The lowest BCUT2D eigenvalue weighted by atomic mass is 10.2. The van der Waals surface area contributed by atoms with Crippen LogP contribution in [0.3, 0.4) is 0 Å². The van der Waals surface area contributed by atoms with Gasteiger partial charge in [0.2, 0.25) is 0 Å². The van der Waals surface area contributed by atoms with Crippen molar-refractivity contribution in [3.05, 3.63) is 42.5 Å². The molecule has 0 radical (unpaired) electrons. The van der Waals surface area contributed by atoms with E-state index in [1.807, 2.05) is 36.0 Å². The first-order valence-electron chi connectivity index (χ1n) is 6.23. The van der Waals surface area contributed by atoms with Crippen LogP contribution in [0, 0.1) is 0 Å². The molecule has 0 spiro atoms. The largest absolute Gasteiger partial charge is 0.497 e. The lowest BCUT2D eigenvalue weighted by Crippen LogP contribution is -2.11. The summed E-state index contributed by atoms with van der Waals surface area (Å²) >= 11 is 0. The lowest BCUT2D eigenvalue weighted by molar-refractivity contribution is 0.294. The highest BCUT2D eigenvalue weighted by Gasteiger charge is 2.05. The van der Waals surface area contributed by atoms with E-state index in [4.69, 9.17) is 9.47 Å². The van der Waals surface area contributed by atoms with Crippen molar-refractivity contribution in [1.29, 1.82) is 0 Å². The van der Waals surface area contributed by atoms with Gasteiger partial charge in [0.05, 0.1) is 20.0 Å². The Balaban J connectivity index is 1.98. The van der Waals surface area contributed by atoms with Crippen LogP contribution >= 0.6 is 0 Å². The van der Waals surface area contributed by atoms with E-state index in [-0.39, 0.29) is 0 Å². The monoisotopic (exact) mass is 261 g/mol. The second-order valence-corrected chi connectivity index (χ2v) is 4.15. The van der Waals surface area contributed by atoms with Gasteiger partial charge in [0.1, 0.15) is 18.1 Å². The summed E-state index contributed by atoms with van der Waals surface area (Å²) in [6, 6.07) is 5.84. The van der Waals surface area contributed by atoms with Gasteiger partial charge < -0.3 is 19.4 Å². The number of aromatic nitrogens is 2. The Morgan fingerprint density at radius 1 is 1.37 bits per heavy atom. The van der Waals surface area contributed by atoms with Gasteiger partial charge in [-0.05, 0) is 25.2 Å². The Bertz CT molecular complexity index is 497. The molecule has 0 saturated carbocycles. The average molecular weight is 261 g/mol. The van der Waals surface area contributed by atoms with Gasteiger partial charge in [-0.2, -0.15) is 0 Å². The van der Waals surface area contributed by atoms with Crippen molar-refractivity contribution >= 4 is 0 Å². The molecule has 0 aliphatic carbocycles. The molecule has 2 aromatic rings. The number of ether oxygens (including phenoxy) is 2. The topological polar surface area (TPSA) is 48.3 Å². The van der Waals surface area contributed by atoms with Crippen LogP contribution in [0.25, 0.3) is 0 Å². The highest BCUT2D eigenvalue weighted by Crippen LogP contribution is 2.24. The summed E-state index contributed by atoms with van der Waals surface area (Å²) in [5.41, 5.74) is 1.09. The molecule has 0 saturated heterocycles. The third kappa shape index (κ3) is 3.72. The Morgan fingerprint density at radius 2 is 2.26 bits per heavy atom. The maximum atomic E-state index is 5.82. The average Bonchev–Trinajstić information content (AvgIpc) is 2.94.